The van der Waals surface area contributed by atoms with Crippen molar-refractivity contribution < 1.29 is 13.2 Å². The van der Waals surface area contributed by atoms with Gasteiger partial charge < -0.3 is 5.32 Å². The number of amides is 1. The maximum Gasteiger partial charge on any atom is 0.224 e. The number of nitrogens with zero attached hydrogens (tertiary/aromatic N) is 1. The highest BCUT2D eigenvalue weighted by Crippen LogP contribution is 2.26. The van der Waals surface area contributed by atoms with E-state index in [-0.39, 0.29) is 30.2 Å². The lowest BCUT2D eigenvalue weighted by atomic mass is 9.93. The third kappa shape index (κ3) is 5.59. The Kier molecular flexibility index (Phi) is 7.06. The SMILES string of the molecule is O=C(NC1CCCCC1)C1CCCN(S(=O)(=O)Cc2ccc(Cl)c(Cl)c2)C1. The van der Waals surface area contributed by atoms with Crippen LogP contribution in [0.25, 0.3) is 0 Å². The molecule has 1 amide bonds. The Morgan fingerprint density at radius 2 is 1.81 bits per heavy atom. The van der Waals surface area contributed by atoms with Crippen LogP contribution < -0.4 is 5.32 Å². The third-order valence-electron chi connectivity index (χ3n) is 5.43. The lowest BCUT2D eigenvalue weighted by Gasteiger charge is -2.32. The minimum atomic E-state index is -3.51. The van der Waals surface area contributed by atoms with Crippen molar-refractivity contribution in [3.63, 3.8) is 0 Å². The number of hydrogen-bond donors (Lipinski definition) is 1. The summed E-state index contributed by atoms with van der Waals surface area (Å²) in [7, 11) is -3.51. The average molecular weight is 433 g/mol. The number of sulfonamides is 1. The van der Waals surface area contributed by atoms with E-state index in [2.05, 4.69) is 5.32 Å². The van der Waals surface area contributed by atoms with E-state index in [1.807, 2.05) is 0 Å². The second-order valence-corrected chi connectivity index (χ2v) is 10.3. The summed E-state index contributed by atoms with van der Waals surface area (Å²) >= 11 is 11.9. The Morgan fingerprint density at radius 1 is 1.07 bits per heavy atom. The molecule has 1 unspecified atom stereocenters. The van der Waals surface area contributed by atoms with Crippen LogP contribution in [-0.2, 0) is 20.6 Å². The highest BCUT2D eigenvalue weighted by atomic mass is 35.5. The van der Waals surface area contributed by atoms with E-state index < -0.39 is 10.0 Å². The summed E-state index contributed by atoms with van der Waals surface area (Å²) in [5.41, 5.74) is 0.596. The molecule has 1 heterocycles. The van der Waals surface area contributed by atoms with Crippen molar-refractivity contribution in [3.05, 3.63) is 33.8 Å². The van der Waals surface area contributed by atoms with Gasteiger partial charge in [-0.25, -0.2) is 12.7 Å². The molecular weight excluding hydrogens is 407 g/mol. The van der Waals surface area contributed by atoms with E-state index in [0.29, 0.717) is 28.6 Å². The molecule has 2 fully saturated rings. The number of halogens is 2. The predicted molar refractivity (Wildman–Crippen MR) is 108 cm³/mol. The molecule has 1 aromatic carbocycles. The molecule has 1 aliphatic carbocycles. The first kappa shape index (κ1) is 20.9. The molecule has 27 heavy (non-hydrogen) atoms. The lowest BCUT2D eigenvalue weighted by Crippen LogP contribution is -2.48. The Morgan fingerprint density at radius 3 is 2.52 bits per heavy atom. The van der Waals surface area contributed by atoms with E-state index >= 15 is 0 Å². The fraction of sp³-hybridized carbons (Fsp3) is 0.632. The number of carbonyl (C=O) groups excluding carboxylic acids is 1. The van der Waals surface area contributed by atoms with Gasteiger partial charge in [0.25, 0.3) is 0 Å². The molecule has 1 atom stereocenters. The van der Waals surface area contributed by atoms with Crippen molar-refractivity contribution in [2.24, 2.45) is 5.92 Å². The van der Waals surface area contributed by atoms with Gasteiger partial charge >= 0.3 is 0 Å². The predicted octanol–water partition coefficient (Wildman–Crippen LogP) is 3.98. The first-order chi connectivity index (χ1) is 12.8. The standard InChI is InChI=1S/C19H26Cl2N2O3S/c20-17-9-8-14(11-18(17)21)13-27(25,26)23-10-4-5-15(12-23)19(24)22-16-6-2-1-3-7-16/h8-9,11,15-16H,1-7,10,12-13H2,(H,22,24). The van der Waals surface area contributed by atoms with Crippen LogP contribution in [0, 0.1) is 5.92 Å². The van der Waals surface area contributed by atoms with Gasteiger partial charge in [0.2, 0.25) is 15.9 Å². The largest absolute Gasteiger partial charge is 0.353 e. The molecule has 1 N–H and O–H groups in total. The van der Waals surface area contributed by atoms with Gasteiger partial charge in [0.15, 0.2) is 0 Å². The average Bonchev–Trinajstić information content (AvgIpc) is 2.65. The number of rotatable bonds is 5. The van der Waals surface area contributed by atoms with Crippen LogP contribution in [0.1, 0.15) is 50.5 Å². The molecule has 0 spiro atoms. The number of nitrogens with one attached hydrogen (secondary N) is 1. The van der Waals surface area contributed by atoms with Crippen molar-refractivity contribution >= 4 is 39.1 Å². The van der Waals surface area contributed by atoms with Crippen molar-refractivity contribution in [2.75, 3.05) is 13.1 Å². The fourth-order valence-corrected chi connectivity index (χ4v) is 5.82. The second kappa shape index (κ2) is 9.12. The summed E-state index contributed by atoms with van der Waals surface area (Å²) in [4.78, 5) is 12.6. The molecule has 3 rings (SSSR count). The van der Waals surface area contributed by atoms with Crippen molar-refractivity contribution in [3.8, 4) is 0 Å². The summed E-state index contributed by atoms with van der Waals surface area (Å²) in [5.74, 6) is -0.415. The third-order valence-corrected chi connectivity index (χ3v) is 7.99. The van der Waals surface area contributed by atoms with Crippen LogP contribution in [-0.4, -0.2) is 37.8 Å². The summed E-state index contributed by atoms with van der Waals surface area (Å²) in [6, 6.07) is 5.10. The molecule has 5 nitrogen and oxygen atoms in total. The Bertz CT molecular complexity index is 779. The van der Waals surface area contributed by atoms with E-state index in [0.717, 1.165) is 32.1 Å². The summed E-state index contributed by atoms with van der Waals surface area (Å²) in [6.45, 7) is 0.707. The summed E-state index contributed by atoms with van der Waals surface area (Å²) in [6.07, 6.45) is 7.02. The fourth-order valence-electron chi connectivity index (χ4n) is 3.91. The highest BCUT2D eigenvalue weighted by molar-refractivity contribution is 7.88. The molecular formula is C19H26Cl2N2O3S. The monoisotopic (exact) mass is 432 g/mol. The molecule has 0 bridgehead atoms. The quantitative estimate of drug-likeness (QED) is 0.764. The van der Waals surface area contributed by atoms with Gasteiger partial charge in [-0.2, -0.15) is 0 Å². The van der Waals surface area contributed by atoms with Crippen LogP contribution >= 0.6 is 23.2 Å². The van der Waals surface area contributed by atoms with Crippen molar-refractivity contribution in [2.45, 2.75) is 56.7 Å². The van der Waals surface area contributed by atoms with Crippen LogP contribution in [0.2, 0.25) is 10.0 Å². The van der Waals surface area contributed by atoms with Gasteiger partial charge in [0.1, 0.15) is 0 Å². The summed E-state index contributed by atoms with van der Waals surface area (Å²) < 4.78 is 27.1. The smallest absolute Gasteiger partial charge is 0.224 e. The molecule has 0 aromatic heterocycles. The molecule has 0 radical (unpaired) electrons. The van der Waals surface area contributed by atoms with Crippen LogP contribution in [0.15, 0.2) is 18.2 Å². The maximum atomic E-state index is 12.8. The van der Waals surface area contributed by atoms with Crippen LogP contribution in [0.5, 0.6) is 0 Å². The Hall–Kier alpha value is -0.820. The van der Waals surface area contributed by atoms with E-state index in [4.69, 9.17) is 23.2 Å². The summed E-state index contributed by atoms with van der Waals surface area (Å²) in [5, 5.41) is 3.87. The molecule has 1 saturated carbocycles. The highest BCUT2D eigenvalue weighted by Gasteiger charge is 2.33. The van der Waals surface area contributed by atoms with Gasteiger partial charge in [-0.05, 0) is 43.4 Å². The number of piperidine rings is 1. The molecule has 150 valence electrons. The Labute approximate surface area is 171 Å². The zero-order valence-corrected chi connectivity index (χ0v) is 17.6. The van der Waals surface area contributed by atoms with E-state index in [1.54, 1.807) is 18.2 Å². The van der Waals surface area contributed by atoms with Crippen molar-refractivity contribution in [1.29, 1.82) is 0 Å². The van der Waals surface area contributed by atoms with Crippen molar-refractivity contribution in [1.82, 2.24) is 9.62 Å². The first-order valence-electron chi connectivity index (χ1n) is 9.57. The second-order valence-electron chi connectivity index (χ2n) is 7.55. The number of benzene rings is 1. The van der Waals surface area contributed by atoms with Crippen LogP contribution in [0.4, 0.5) is 0 Å². The van der Waals surface area contributed by atoms with Gasteiger partial charge in [-0.15, -0.1) is 0 Å². The minimum Gasteiger partial charge on any atom is -0.353 e. The van der Waals surface area contributed by atoms with E-state index in [1.165, 1.54) is 10.7 Å². The minimum absolute atomic E-state index is 0.00339. The topological polar surface area (TPSA) is 66.5 Å². The zero-order valence-electron chi connectivity index (χ0n) is 15.3. The molecule has 1 saturated heterocycles. The van der Waals surface area contributed by atoms with E-state index in [9.17, 15) is 13.2 Å². The maximum absolute atomic E-state index is 12.8. The first-order valence-corrected chi connectivity index (χ1v) is 11.9. The van der Waals surface area contributed by atoms with Gasteiger partial charge in [-0.1, -0.05) is 48.5 Å². The molecule has 1 aliphatic heterocycles. The van der Waals surface area contributed by atoms with Gasteiger partial charge in [0, 0.05) is 19.1 Å². The number of carbonyl (C=O) groups is 1. The normalized spacial score (nSPS) is 22.5. The number of hydrogen-bond acceptors (Lipinski definition) is 3. The molecule has 1 aromatic rings. The molecule has 8 heteroatoms. The zero-order chi connectivity index (χ0) is 19.4. The van der Waals surface area contributed by atoms with Gasteiger partial charge in [0.05, 0.1) is 21.7 Å². The lowest BCUT2D eigenvalue weighted by molar-refractivity contribution is -0.127. The molecule has 2 aliphatic rings. The Balaban J connectivity index is 1.61. The van der Waals surface area contributed by atoms with Gasteiger partial charge in [-0.3, -0.25) is 4.79 Å². The van der Waals surface area contributed by atoms with Crippen LogP contribution in [0.3, 0.4) is 0 Å².